The number of carbonyl (C=O) groups excluding carboxylic acids is 1. The van der Waals surface area contributed by atoms with E-state index in [1.165, 1.54) is 37.4 Å². The van der Waals surface area contributed by atoms with E-state index in [1.807, 2.05) is 0 Å². The van der Waals surface area contributed by atoms with Crippen LogP contribution in [0, 0.1) is 11.6 Å². The Hall–Kier alpha value is -2.43. The van der Waals surface area contributed by atoms with E-state index in [4.69, 9.17) is 0 Å². The molecule has 3 nitrogen and oxygen atoms in total. The highest BCUT2D eigenvalue weighted by Gasteiger charge is 2.12. The van der Waals surface area contributed by atoms with Gasteiger partial charge in [-0.25, -0.2) is 13.6 Å². The monoisotopic (exact) mass is 277 g/mol. The Labute approximate surface area is 115 Å². The van der Waals surface area contributed by atoms with Crippen LogP contribution in [0.15, 0.2) is 42.5 Å². The number of esters is 1. The number of hydrogen-bond acceptors (Lipinski definition) is 3. The number of rotatable bonds is 4. The van der Waals surface area contributed by atoms with Crippen LogP contribution in [-0.2, 0) is 11.3 Å². The molecule has 0 saturated heterocycles. The zero-order valence-corrected chi connectivity index (χ0v) is 10.8. The summed E-state index contributed by atoms with van der Waals surface area (Å²) in [4.78, 5) is 11.6. The standard InChI is InChI=1S/C15H13F2NO2/c1-20-15(19)13-7-6-12(17)8-14(13)18-9-10-2-4-11(16)5-3-10/h2-8,18H,9H2,1H3. The molecule has 0 heterocycles. The first-order valence-electron chi connectivity index (χ1n) is 5.96. The zero-order valence-electron chi connectivity index (χ0n) is 10.8. The van der Waals surface area contributed by atoms with Crippen LogP contribution in [0.5, 0.6) is 0 Å². The minimum absolute atomic E-state index is 0.246. The molecule has 0 radical (unpaired) electrons. The third kappa shape index (κ3) is 3.32. The number of anilines is 1. The first kappa shape index (κ1) is 14.0. The summed E-state index contributed by atoms with van der Waals surface area (Å²) in [5, 5.41) is 2.94. The molecule has 0 bridgehead atoms. The van der Waals surface area contributed by atoms with Gasteiger partial charge in [0.1, 0.15) is 11.6 Å². The highest BCUT2D eigenvalue weighted by molar-refractivity contribution is 5.95. The lowest BCUT2D eigenvalue weighted by Crippen LogP contribution is -2.08. The molecular weight excluding hydrogens is 264 g/mol. The molecule has 0 aliphatic heterocycles. The van der Waals surface area contributed by atoms with Crippen LogP contribution in [0.25, 0.3) is 0 Å². The average molecular weight is 277 g/mol. The lowest BCUT2D eigenvalue weighted by Gasteiger charge is -2.11. The fourth-order valence-electron chi connectivity index (χ4n) is 1.75. The van der Waals surface area contributed by atoms with Crippen LogP contribution in [0.4, 0.5) is 14.5 Å². The molecule has 5 heteroatoms. The molecule has 1 N–H and O–H groups in total. The molecule has 0 unspecified atom stereocenters. The van der Waals surface area contributed by atoms with Crippen LogP contribution >= 0.6 is 0 Å². The molecule has 20 heavy (non-hydrogen) atoms. The average Bonchev–Trinajstić information content (AvgIpc) is 2.46. The Kier molecular flexibility index (Phi) is 4.30. The molecule has 0 aliphatic rings. The van der Waals surface area contributed by atoms with Gasteiger partial charge in [-0.3, -0.25) is 0 Å². The van der Waals surface area contributed by atoms with Gasteiger partial charge in [0.15, 0.2) is 0 Å². The van der Waals surface area contributed by atoms with E-state index in [9.17, 15) is 13.6 Å². The van der Waals surface area contributed by atoms with E-state index in [1.54, 1.807) is 12.1 Å². The quantitative estimate of drug-likeness (QED) is 0.871. The second-order valence-corrected chi connectivity index (χ2v) is 4.16. The highest BCUT2D eigenvalue weighted by Crippen LogP contribution is 2.19. The van der Waals surface area contributed by atoms with Gasteiger partial charge in [-0.05, 0) is 35.9 Å². The first-order chi connectivity index (χ1) is 9.60. The fraction of sp³-hybridized carbons (Fsp3) is 0.133. The minimum atomic E-state index is -0.549. The molecule has 0 fully saturated rings. The van der Waals surface area contributed by atoms with E-state index >= 15 is 0 Å². The third-order valence-electron chi connectivity index (χ3n) is 2.78. The van der Waals surface area contributed by atoms with Crippen LogP contribution in [0.3, 0.4) is 0 Å². The Morgan fingerprint density at radius 1 is 1.10 bits per heavy atom. The molecule has 0 saturated carbocycles. The lowest BCUT2D eigenvalue weighted by molar-refractivity contribution is 0.0602. The number of halogens is 2. The van der Waals surface area contributed by atoms with Crippen molar-refractivity contribution in [3.63, 3.8) is 0 Å². The first-order valence-corrected chi connectivity index (χ1v) is 5.96. The van der Waals surface area contributed by atoms with Crippen molar-refractivity contribution in [3.05, 3.63) is 65.2 Å². The summed E-state index contributed by atoms with van der Waals surface area (Å²) < 4.78 is 30.7. The topological polar surface area (TPSA) is 38.3 Å². The van der Waals surface area contributed by atoms with Crippen molar-refractivity contribution in [2.24, 2.45) is 0 Å². The van der Waals surface area contributed by atoms with Crippen molar-refractivity contribution in [2.75, 3.05) is 12.4 Å². The molecule has 2 aromatic carbocycles. The molecule has 0 spiro atoms. The van der Waals surface area contributed by atoms with Gasteiger partial charge in [0.25, 0.3) is 0 Å². The molecule has 2 aromatic rings. The molecule has 0 atom stereocenters. The maximum atomic E-state index is 13.3. The predicted octanol–water partition coefficient (Wildman–Crippen LogP) is 3.36. The predicted molar refractivity (Wildman–Crippen MR) is 71.5 cm³/mol. The minimum Gasteiger partial charge on any atom is -0.465 e. The van der Waals surface area contributed by atoms with Crippen molar-refractivity contribution in [1.29, 1.82) is 0 Å². The second-order valence-electron chi connectivity index (χ2n) is 4.16. The van der Waals surface area contributed by atoms with E-state index < -0.39 is 11.8 Å². The van der Waals surface area contributed by atoms with Crippen molar-refractivity contribution in [2.45, 2.75) is 6.54 Å². The van der Waals surface area contributed by atoms with Crippen molar-refractivity contribution < 1.29 is 18.3 Å². The summed E-state index contributed by atoms with van der Waals surface area (Å²) >= 11 is 0. The van der Waals surface area contributed by atoms with Gasteiger partial charge in [0, 0.05) is 6.54 Å². The second kappa shape index (κ2) is 6.14. The van der Waals surface area contributed by atoms with Crippen molar-refractivity contribution in [3.8, 4) is 0 Å². The van der Waals surface area contributed by atoms with Gasteiger partial charge < -0.3 is 10.1 Å². The van der Waals surface area contributed by atoms with Gasteiger partial charge >= 0.3 is 5.97 Å². The van der Waals surface area contributed by atoms with E-state index in [2.05, 4.69) is 10.1 Å². The number of carbonyl (C=O) groups is 1. The smallest absolute Gasteiger partial charge is 0.339 e. The van der Waals surface area contributed by atoms with Gasteiger partial charge in [-0.2, -0.15) is 0 Å². The van der Waals surface area contributed by atoms with Gasteiger partial charge in [-0.15, -0.1) is 0 Å². The lowest BCUT2D eigenvalue weighted by atomic mass is 10.1. The third-order valence-corrected chi connectivity index (χ3v) is 2.78. The number of benzene rings is 2. The van der Waals surface area contributed by atoms with Gasteiger partial charge in [0.2, 0.25) is 0 Å². The normalized spacial score (nSPS) is 10.2. The summed E-state index contributed by atoms with van der Waals surface area (Å²) in [5.41, 5.74) is 1.39. The molecule has 0 amide bonds. The van der Waals surface area contributed by atoms with Gasteiger partial charge in [0.05, 0.1) is 18.4 Å². The number of ether oxygens (including phenoxy) is 1. The SMILES string of the molecule is COC(=O)c1ccc(F)cc1NCc1ccc(F)cc1. The fourth-order valence-corrected chi connectivity index (χ4v) is 1.75. The van der Waals surface area contributed by atoms with Crippen LogP contribution in [0.2, 0.25) is 0 Å². The largest absolute Gasteiger partial charge is 0.465 e. The molecule has 0 aromatic heterocycles. The summed E-state index contributed by atoms with van der Waals surface area (Å²) in [7, 11) is 1.26. The summed E-state index contributed by atoms with van der Waals surface area (Å²) in [6.07, 6.45) is 0. The van der Waals surface area contributed by atoms with Gasteiger partial charge in [-0.1, -0.05) is 12.1 Å². The van der Waals surface area contributed by atoms with Crippen molar-refractivity contribution in [1.82, 2.24) is 0 Å². The summed E-state index contributed by atoms with van der Waals surface area (Å²) in [5.74, 6) is -1.33. The zero-order chi connectivity index (χ0) is 14.5. The van der Waals surface area contributed by atoms with Crippen LogP contribution < -0.4 is 5.32 Å². The Bertz CT molecular complexity index is 612. The Morgan fingerprint density at radius 2 is 1.75 bits per heavy atom. The van der Waals surface area contributed by atoms with Crippen LogP contribution in [0.1, 0.15) is 15.9 Å². The number of methoxy groups -OCH3 is 1. The molecule has 2 rings (SSSR count). The Balaban J connectivity index is 2.17. The number of hydrogen-bond donors (Lipinski definition) is 1. The maximum Gasteiger partial charge on any atom is 0.339 e. The maximum absolute atomic E-state index is 13.3. The molecule has 0 aliphatic carbocycles. The summed E-state index contributed by atoms with van der Waals surface area (Å²) in [6.45, 7) is 0.341. The van der Waals surface area contributed by atoms with E-state index in [0.717, 1.165) is 5.56 Å². The highest BCUT2D eigenvalue weighted by atomic mass is 19.1. The van der Waals surface area contributed by atoms with E-state index in [-0.39, 0.29) is 11.4 Å². The number of nitrogens with one attached hydrogen (secondary N) is 1. The van der Waals surface area contributed by atoms with Crippen molar-refractivity contribution >= 4 is 11.7 Å². The van der Waals surface area contributed by atoms with E-state index in [0.29, 0.717) is 12.2 Å². The summed E-state index contributed by atoms with van der Waals surface area (Å²) in [6, 6.07) is 9.66. The molecule has 104 valence electrons. The Morgan fingerprint density at radius 3 is 2.40 bits per heavy atom. The molecular formula is C15H13F2NO2. The van der Waals surface area contributed by atoms with Crippen LogP contribution in [-0.4, -0.2) is 13.1 Å².